The summed E-state index contributed by atoms with van der Waals surface area (Å²) in [5, 5.41) is 14.5. The topological polar surface area (TPSA) is 95.0 Å². The molecule has 2 aliphatic rings. The monoisotopic (exact) mass is 730 g/mol. The summed E-state index contributed by atoms with van der Waals surface area (Å²) in [6.45, 7) is 0.109. The Morgan fingerprint density at radius 1 is 0.885 bits per heavy atom. The van der Waals surface area contributed by atoms with Crippen molar-refractivity contribution in [1.82, 2.24) is 20.1 Å². The Kier molecular flexibility index (Phi) is 10.7. The van der Waals surface area contributed by atoms with Crippen molar-refractivity contribution in [3.63, 3.8) is 0 Å². The maximum Gasteiger partial charge on any atom is 0.403 e. The van der Waals surface area contributed by atoms with Crippen LogP contribution in [0.4, 0.5) is 26.3 Å². The summed E-state index contributed by atoms with van der Waals surface area (Å²) in [5.41, 5.74) is 0.721. The second kappa shape index (κ2) is 14.9. The smallest absolute Gasteiger partial charge is 0.403 e. The molecule has 4 aromatic rings. The van der Waals surface area contributed by atoms with Crippen LogP contribution in [0.2, 0.25) is 0 Å². The molecule has 0 radical (unpaired) electrons. The molecule has 0 spiro atoms. The highest BCUT2D eigenvalue weighted by Crippen LogP contribution is 2.47. The molecule has 52 heavy (non-hydrogen) atoms. The first-order valence-corrected chi connectivity index (χ1v) is 17.3. The molecule has 2 saturated heterocycles. The number of nitrogens with zero attached hydrogens (tertiary/aromatic N) is 3. The molecule has 0 bridgehead atoms. The van der Waals surface area contributed by atoms with Crippen molar-refractivity contribution in [3.8, 4) is 16.9 Å². The van der Waals surface area contributed by atoms with Gasteiger partial charge in [-0.3, -0.25) is 19.6 Å². The van der Waals surface area contributed by atoms with Gasteiger partial charge in [0.1, 0.15) is 17.2 Å². The number of fused-ring (bicyclic) bond motifs is 2. The van der Waals surface area contributed by atoms with Crippen LogP contribution in [0.5, 0.6) is 5.75 Å². The standard InChI is InChI=1S/C38H40F6N4O4/c1-52-31-21-25(22-47-16-3-2-4-17-47)27-12-7-15-45-33(27)32(31)29-11-6-9-26-24(8-5-10-28(26)29)20-30(34(49)50)46-35(51)36(38(42,43)44)13-18-48(19-14-36)23-37(39,40)41/h5-12,15,21,30H,2-4,13-14,16-20,22-23H2,1H3,(H,46,51)(H,49,50)/t30-/m0/s1. The van der Waals surface area contributed by atoms with Crippen LogP contribution in [-0.2, 0) is 22.6 Å². The molecular weight excluding hydrogens is 690 g/mol. The van der Waals surface area contributed by atoms with Gasteiger partial charge in [-0.05, 0) is 91.5 Å². The third kappa shape index (κ3) is 7.68. The number of likely N-dealkylation sites (tertiary alicyclic amines) is 2. The quantitative estimate of drug-likeness (QED) is 0.165. The van der Waals surface area contributed by atoms with Gasteiger partial charge in [0.2, 0.25) is 5.91 Å². The Morgan fingerprint density at radius 2 is 1.56 bits per heavy atom. The van der Waals surface area contributed by atoms with Crippen LogP contribution in [0.25, 0.3) is 32.8 Å². The molecule has 14 heteroatoms. The third-order valence-corrected chi connectivity index (χ3v) is 10.4. The zero-order valence-electron chi connectivity index (χ0n) is 28.6. The van der Waals surface area contributed by atoms with Gasteiger partial charge in [0, 0.05) is 24.5 Å². The normalized spacial score (nSPS) is 18.0. The minimum absolute atomic E-state index is 0.346. The maximum absolute atomic E-state index is 14.5. The van der Waals surface area contributed by atoms with Crippen LogP contribution in [0.15, 0.2) is 60.8 Å². The summed E-state index contributed by atoms with van der Waals surface area (Å²) in [7, 11) is 1.59. The number of carboxylic acids is 1. The lowest BCUT2D eigenvalue weighted by Crippen LogP contribution is -2.59. The maximum atomic E-state index is 14.5. The number of hydrogen-bond acceptors (Lipinski definition) is 6. The van der Waals surface area contributed by atoms with Crippen LogP contribution in [0.1, 0.15) is 43.2 Å². The first-order chi connectivity index (χ1) is 24.7. The lowest BCUT2D eigenvalue weighted by atomic mass is 9.76. The number of alkyl halides is 6. The molecule has 1 aromatic heterocycles. The van der Waals surface area contributed by atoms with E-state index in [0.29, 0.717) is 22.1 Å². The molecule has 2 aliphatic heterocycles. The molecule has 3 aromatic carbocycles. The average molecular weight is 731 g/mol. The van der Waals surface area contributed by atoms with Gasteiger partial charge in [0.05, 0.1) is 24.7 Å². The van der Waals surface area contributed by atoms with E-state index in [1.54, 1.807) is 37.6 Å². The van der Waals surface area contributed by atoms with Crippen molar-refractivity contribution in [3.05, 3.63) is 71.9 Å². The van der Waals surface area contributed by atoms with E-state index in [0.717, 1.165) is 65.0 Å². The predicted molar refractivity (Wildman–Crippen MR) is 184 cm³/mol. The molecule has 0 saturated carbocycles. The van der Waals surface area contributed by atoms with Gasteiger partial charge in [-0.1, -0.05) is 48.9 Å². The van der Waals surface area contributed by atoms with Gasteiger partial charge in [0.25, 0.3) is 0 Å². The van der Waals surface area contributed by atoms with Crippen molar-refractivity contribution < 1.29 is 45.8 Å². The summed E-state index contributed by atoms with van der Waals surface area (Å²) in [4.78, 5) is 33.8. The number of benzene rings is 3. The van der Waals surface area contributed by atoms with Gasteiger partial charge < -0.3 is 15.2 Å². The van der Waals surface area contributed by atoms with E-state index in [4.69, 9.17) is 9.72 Å². The van der Waals surface area contributed by atoms with Crippen LogP contribution in [0.3, 0.4) is 0 Å². The number of piperidine rings is 2. The van der Waals surface area contributed by atoms with E-state index in [9.17, 15) is 41.0 Å². The van der Waals surface area contributed by atoms with Crippen molar-refractivity contribution in [2.45, 2.75) is 63.5 Å². The van der Waals surface area contributed by atoms with Crippen molar-refractivity contribution >= 4 is 33.6 Å². The molecule has 0 aliphatic carbocycles. The number of aromatic nitrogens is 1. The van der Waals surface area contributed by atoms with Gasteiger partial charge in [-0.25, -0.2) is 4.79 Å². The molecule has 1 atom stereocenters. The van der Waals surface area contributed by atoms with Crippen molar-refractivity contribution in [2.75, 3.05) is 39.8 Å². The van der Waals surface area contributed by atoms with Gasteiger partial charge in [-0.2, -0.15) is 26.3 Å². The summed E-state index contributed by atoms with van der Waals surface area (Å²) in [6.07, 6.45) is -6.72. The number of aliphatic carboxylic acids is 1. The average Bonchev–Trinajstić information content (AvgIpc) is 3.10. The molecule has 8 nitrogen and oxygen atoms in total. The van der Waals surface area contributed by atoms with E-state index in [2.05, 4.69) is 10.2 Å². The third-order valence-electron chi connectivity index (χ3n) is 10.4. The van der Waals surface area contributed by atoms with Crippen molar-refractivity contribution in [1.29, 1.82) is 0 Å². The summed E-state index contributed by atoms with van der Waals surface area (Å²) >= 11 is 0. The minimum Gasteiger partial charge on any atom is -0.496 e. The lowest BCUT2D eigenvalue weighted by molar-refractivity contribution is -0.236. The minimum atomic E-state index is -5.11. The second-order valence-electron chi connectivity index (χ2n) is 13.7. The predicted octanol–water partition coefficient (Wildman–Crippen LogP) is 7.37. The van der Waals surface area contributed by atoms with Crippen LogP contribution < -0.4 is 10.1 Å². The number of methoxy groups -OCH3 is 1. The number of rotatable bonds is 10. The van der Waals surface area contributed by atoms with Crippen LogP contribution in [-0.4, -0.2) is 90.0 Å². The van der Waals surface area contributed by atoms with Crippen molar-refractivity contribution in [2.24, 2.45) is 5.41 Å². The number of hydrogen-bond donors (Lipinski definition) is 2. The zero-order chi connectivity index (χ0) is 37.3. The van der Waals surface area contributed by atoms with E-state index >= 15 is 0 Å². The fourth-order valence-corrected chi connectivity index (χ4v) is 7.67. The van der Waals surface area contributed by atoms with Gasteiger partial charge in [0.15, 0.2) is 0 Å². The molecule has 278 valence electrons. The first-order valence-electron chi connectivity index (χ1n) is 17.3. The Bertz CT molecular complexity index is 1940. The largest absolute Gasteiger partial charge is 0.496 e. The van der Waals surface area contributed by atoms with E-state index in [1.165, 1.54) is 6.42 Å². The highest BCUT2D eigenvalue weighted by Gasteiger charge is 2.61. The molecular formula is C38H40F6N4O4. The van der Waals surface area contributed by atoms with E-state index in [1.807, 2.05) is 30.3 Å². The SMILES string of the molecule is COc1cc(CN2CCCCC2)c2cccnc2c1-c1cccc2c(C[C@H](NC(=O)C3(C(F)(F)F)CCN(CC(F)(F)F)CC3)C(=O)O)cccc12. The molecule has 3 heterocycles. The summed E-state index contributed by atoms with van der Waals surface area (Å²) in [6, 6.07) is 14.9. The Labute approximate surface area is 296 Å². The molecule has 1 amide bonds. The van der Waals surface area contributed by atoms with E-state index in [-0.39, 0.29) is 6.42 Å². The Balaban J connectivity index is 1.32. The first kappa shape index (κ1) is 37.3. The number of carbonyl (C=O) groups is 2. The number of nitrogens with one attached hydrogen (secondary N) is 1. The number of carboxylic acid groups (broad SMARTS) is 1. The molecule has 2 fully saturated rings. The van der Waals surface area contributed by atoms with Crippen LogP contribution in [0, 0.1) is 5.41 Å². The number of carbonyl (C=O) groups excluding carboxylic acids is 1. The van der Waals surface area contributed by atoms with Gasteiger partial charge in [-0.15, -0.1) is 0 Å². The van der Waals surface area contributed by atoms with Crippen LogP contribution >= 0.6 is 0 Å². The fourth-order valence-electron chi connectivity index (χ4n) is 7.67. The number of pyridine rings is 1. The van der Waals surface area contributed by atoms with E-state index < -0.39 is 68.2 Å². The Hall–Kier alpha value is -4.43. The highest BCUT2D eigenvalue weighted by atomic mass is 19.4. The summed E-state index contributed by atoms with van der Waals surface area (Å²) < 4.78 is 88.0. The highest BCUT2D eigenvalue weighted by molar-refractivity contribution is 6.07. The number of amides is 1. The Morgan fingerprint density at radius 3 is 2.21 bits per heavy atom. The summed E-state index contributed by atoms with van der Waals surface area (Å²) in [5.74, 6) is -2.51. The zero-order valence-corrected chi connectivity index (χ0v) is 28.6. The second-order valence-corrected chi connectivity index (χ2v) is 13.7. The van der Waals surface area contributed by atoms with Gasteiger partial charge >= 0.3 is 18.3 Å². The number of ether oxygens (including phenoxy) is 1. The molecule has 6 rings (SSSR count). The number of halogens is 6. The lowest BCUT2D eigenvalue weighted by Gasteiger charge is -2.42. The molecule has 0 unspecified atom stereocenters. The molecule has 2 N–H and O–H groups in total. The fraction of sp³-hybridized carbons (Fsp3) is 0.447.